The zero-order valence-corrected chi connectivity index (χ0v) is 18.7. The molecule has 0 bridgehead atoms. The van der Waals surface area contributed by atoms with E-state index in [-0.39, 0.29) is 5.56 Å². The molecule has 5 aromatic rings. The normalized spacial score (nSPS) is 11.1. The van der Waals surface area contributed by atoms with Crippen LogP contribution in [-0.2, 0) is 5.75 Å². The van der Waals surface area contributed by atoms with Crippen molar-refractivity contribution in [1.82, 2.24) is 19.7 Å². The fraction of sp³-hybridized carbons (Fsp3) is 0.120. The van der Waals surface area contributed by atoms with E-state index >= 15 is 0 Å². The van der Waals surface area contributed by atoms with E-state index in [1.807, 2.05) is 79.7 Å². The average Bonchev–Trinajstić information content (AvgIpc) is 3.34. The van der Waals surface area contributed by atoms with Gasteiger partial charge in [0.15, 0.2) is 5.16 Å². The number of aromatic nitrogens is 4. The summed E-state index contributed by atoms with van der Waals surface area (Å²) in [5, 5.41) is 5.17. The lowest BCUT2D eigenvalue weighted by atomic mass is 10.2. The number of fused-ring (bicyclic) bond motifs is 1. The Kier molecular flexibility index (Phi) is 5.91. The van der Waals surface area contributed by atoms with E-state index in [1.165, 1.54) is 11.8 Å². The Bertz CT molecular complexity index is 1450. The van der Waals surface area contributed by atoms with Gasteiger partial charge in [0.1, 0.15) is 5.75 Å². The van der Waals surface area contributed by atoms with Gasteiger partial charge in [0.25, 0.3) is 5.56 Å². The van der Waals surface area contributed by atoms with Gasteiger partial charge < -0.3 is 9.26 Å². The summed E-state index contributed by atoms with van der Waals surface area (Å²) in [5.41, 5.74) is 2.10. The van der Waals surface area contributed by atoms with Gasteiger partial charge in [-0.2, -0.15) is 4.98 Å². The standard InChI is InChI=1S/C25H20N4O3S/c1-2-31-19-14-12-18(13-15-19)29-24(30)20-10-6-7-11-21(20)26-25(29)33-16-22-27-23(28-32-22)17-8-4-3-5-9-17/h3-15H,2,16H2,1H3. The van der Waals surface area contributed by atoms with Gasteiger partial charge in [-0.05, 0) is 43.3 Å². The van der Waals surface area contributed by atoms with E-state index in [0.29, 0.717) is 45.8 Å². The molecule has 8 heteroatoms. The molecule has 0 N–H and O–H groups in total. The molecule has 0 fully saturated rings. The van der Waals surface area contributed by atoms with Crippen molar-refractivity contribution in [2.75, 3.05) is 6.61 Å². The van der Waals surface area contributed by atoms with Gasteiger partial charge >= 0.3 is 0 Å². The van der Waals surface area contributed by atoms with Crippen LogP contribution in [0.25, 0.3) is 28.0 Å². The third-order valence-corrected chi connectivity index (χ3v) is 5.90. The molecular formula is C25H20N4O3S. The molecule has 0 atom stereocenters. The summed E-state index contributed by atoms with van der Waals surface area (Å²) in [6.45, 7) is 2.51. The minimum absolute atomic E-state index is 0.136. The van der Waals surface area contributed by atoms with E-state index in [0.717, 1.165) is 11.3 Å². The van der Waals surface area contributed by atoms with E-state index < -0.39 is 0 Å². The summed E-state index contributed by atoms with van der Waals surface area (Å²) in [6.07, 6.45) is 0. The number of benzene rings is 3. The zero-order chi connectivity index (χ0) is 22.6. The quantitative estimate of drug-likeness (QED) is 0.248. The molecule has 33 heavy (non-hydrogen) atoms. The Morgan fingerprint density at radius 3 is 2.48 bits per heavy atom. The molecule has 0 saturated carbocycles. The number of hydrogen-bond donors (Lipinski definition) is 0. The monoisotopic (exact) mass is 456 g/mol. The maximum atomic E-state index is 13.4. The van der Waals surface area contributed by atoms with Crippen LogP contribution in [0.15, 0.2) is 93.3 Å². The van der Waals surface area contributed by atoms with Gasteiger partial charge in [0.2, 0.25) is 11.7 Å². The third-order valence-electron chi connectivity index (χ3n) is 4.98. The number of ether oxygens (including phenoxy) is 1. The summed E-state index contributed by atoms with van der Waals surface area (Å²) in [4.78, 5) is 22.6. The Balaban J connectivity index is 1.50. The molecule has 0 radical (unpaired) electrons. The van der Waals surface area contributed by atoms with Crippen LogP contribution in [0.1, 0.15) is 12.8 Å². The van der Waals surface area contributed by atoms with Crippen LogP contribution in [0, 0.1) is 0 Å². The van der Waals surface area contributed by atoms with Crippen LogP contribution in [0.2, 0.25) is 0 Å². The Morgan fingerprint density at radius 1 is 0.939 bits per heavy atom. The van der Waals surface area contributed by atoms with Crippen molar-refractivity contribution in [2.45, 2.75) is 17.8 Å². The Labute approximate surface area is 194 Å². The van der Waals surface area contributed by atoms with Crippen molar-refractivity contribution in [3.05, 3.63) is 95.1 Å². The number of thioether (sulfide) groups is 1. The molecule has 5 rings (SSSR count). The van der Waals surface area contributed by atoms with Crippen molar-refractivity contribution in [1.29, 1.82) is 0 Å². The predicted octanol–water partition coefficient (Wildman–Crippen LogP) is 5.13. The topological polar surface area (TPSA) is 83.0 Å². The molecular weight excluding hydrogens is 436 g/mol. The Morgan fingerprint density at radius 2 is 1.70 bits per heavy atom. The molecule has 0 saturated heterocycles. The fourth-order valence-corrected chi connectivity index (χ4v) is 4.29. The second-order valence-electron chi connectivity index (χ2n) is 7.15. The molecule has 3 aromatic carbocycles. The van der Waals surface area contributed by atoms with E-state index in [9.17, 15) is 4.79 Å². The minimum Gasteiger partial charge on any atom is -0.494 e. The molecule has 0 spiro atoms. The second-order valence-corrected chi connectivity index (χ2v) is 8.09. The van der Waals surface area contributed by atoms with Gasteiger partial charge in [-0.1, -0.05) is 59.4 Å². The average molecular weight is 457 g/mol. The van der Waals surface area contributed by atoms with Gasteiger partial charge in [0.05, 0.1) is 29.0 Å². The first-order valence-electron chi connectivity index (χ1n) is 10.5. The minimum atomic E-state index is -0.136. The maximum Gasteiger partial charge on any atom is 0.266 e. The Hall–Kier alpha value is -3.91. The fourth-order valence-electron chi connectivity index (χ4n) is 3.44. The molecule has 0 aliphatic carbocycles. The summed E-state index contributed by atoms with van der Waals surface area (Å²) in [5.74, 6) is 2.11. The summed E-state index contributed by atoms with van der Waals surface area (Å²) in [6, 6.07) is 24.4. The molecule has 0 amide bonds. The molecule has 0 aliphatic heterocycles. The van der Waals surface area contributed by atoms with E-state index in [1.54, 1.807) is 10.6 Å². The van der Waals surface area contributed by atoms with Crippen molar-refractivity contribution in [3.63, 3.8) is 0 Å². The molecule has 2 aromatic heterocycles. The molecule has 7 nitrogen and oxygen atoms in total. The van der Waals surface area contributed by atoms with Crippen LogP contribution in [0.5, 0.6) is 5.75 Å². The first-order chi connectivity index (χ1) is 16.2. The zero-order valence-electron chi connectivity index (χ0n) is 17.8. The van der Waals surface area contributed by atoms with Crippen LogP contribution in [0.4, 0.5) is 0 Å². The van der Waals surface area contributed by atoms with Crippen LogP contribution in [0.3, 0.4) is 0 Å². The van der Waals surface area contributed by atoms with E-state index in [2.05, 4.69) is 10.1 Å². The van der Waals surface area contributed by atoms with Gasteiger partial charge in [0, 0.05) is 5.56 Å². The number of hydrogen-bond acceptors (Lipinski definition) is 7. The largest absolute Gasteiger partial charge is 0.494 e. The van der Waals surface area contributed by atoms with Crippen molar-refractivity contribution >= 4 is 22.7 Å². The second kappa shape index (κ2) is 9.30. The lowest BCUT2D eigenvalue weighted by Gasteiger charge is -2.13. The summed E-state index contributed by atoms with van der Waals surface area (Å²) < 4.78 is 12.6. The highest BCUT2D eigenvalue weighted by Gasteiger charge is 2.16. The number of rotatable bonds is 7. The van der Waals surface area contributed by atoms with Gasteiger partial charge in [-0.3, -0.25) is 9.36 Å². The highest BCUT2D eigenvalue weighted by Crippen LogP contribution is 2.26. The van der Waals surface area contributed by atoms with Crippen molar-refractivity contribution in [3.8, 4) is 22.8 Å². The lowest BCUT2D eigenvalue weighted by Crippen LogP contribution is -2.21. The molecule has 2 heterocycles. The highest BCUT2D eigenvalue weighted by atomic mass is 32.2. The van der Waals surface area contributed by atoms with Crippen LogP contribution >= 0.6 is 11.8 Å². The predicted molar refractivity (Wildman–Crippen MR) is 128 cm³/mol. The first-order valence-corrected chi connectivity index (χ1v) is 11.5. The summed E-state index contributed by atoms with van der Waals surface area (Å²) >= 11 is 1.37. The van der Waals surface area contributed by atoms with Crippen molar-refractivity contribution < 1.29 is 9.26 Å². The van der Waals surface area contributed by atoms with Crippen LogP contribution < -0.4 is 10.3 Å². The molecule has 0 aliphatic rings. The summed E-state index contributed by atoms with van der Waals surface area (Å²) in [7, 11) is 0. The SMILES string of the molecule is CCOc1ccc(-n2c(SCc3nc(-c4ccccc4)no3)nc3ccccc3c2=O)cc1. The third kappa shape index (κ3) is 4.38. The number of para-hydroxylation sites is 1. The molecule has 0 unspecified atom stereocenters. The first kappa shape index (κ1) is 21.0. The smallest absolute Gasteiger partial charge is 0.266 e. The lowest BCUT2D eigenvalue weighted by molar-refractivity contribution is 0.340. The van der Waals surface area contributed by atoms with Crippen LogP contribution in [-0.4, -0.2) is 26.3 Å². The van der Waals surface area contributed by atoms with Gasteiger partial charge in [-0.25, -0.2) is 4.98 Å². The molecule has 164 valence electrons. The maximum absolute atomic E-state index is 13.4. The van der Waals surface area contributed by atoms with E-state index in [4.69, 9.17) is 14.2 Å². The van der Waals surface area contributed by atoms with Gasteiger partial charge in [-0.15, -0.1) is 0 Å². The highest BCUT2D eigenvalue weighted by molar-refractivity contribution is 7.98. The number of nitrogens with zero attached hydrogens (tertiary/aromatic N) is 4. The van der Waals surface area contributed by atoms with Crippen molar-refractivity contribution in [2.24, 2.45) is 0 Å².